The van der Waals surface area contributed by atoms with Crippen molar-refractivity contribution < 1.29 is 16.8 Å². The third kappa shape index (κ3) is 4.98. The lowest BCUT2D eigenvalue weighted by Gasteiger charge is -2.25. The molecule has 1 aliphatic heterocycles. The molecule has 0 bridgehead atoms. The Labute approximate surface area is 122 Å². The fraction of sp³-hybridized carbons (Fsp3) is 1.00. The van der Waals surface area contributed by atoms with Crippen molar-refractivity contribution in [3.63, 3.8) is 0 Å². The van der Waals surface area contributed by atoms with Gasteiger partial charge in [-0.05, 0) is 18.8 Å². The molecule has 1 saturated heterocycles. The number of rotatable bonds is 7. The standard InChI is InChI=1S/C12H26N2O4S2/c1-3-10(4-2)12(13)9-14-20(17,18)11-5-7-19(15,16)8-6-11/h10-12,14H,3-9,13H2,1-2H3. The van der Waals surface area contributed by atoms with Crippen LogP contribution in [-0.4, -0.2) is 46.2 Å². The maximum atomic E-state index is 12.1. The van der Waals surface area contributed by atoms with E-state index in [1.807, 2.05) is 13.8 Å². The third-order valence-corrected chi connectivity index (χ3v) is 7.75. The lowest BCUT2D eigenvalue weighted by Crippen LogP contribution is -2.46. The van der Waals surface area contributed by atoms with Crippen molar-refractivity contribution in [1.82, 2.24) is 4.72 Å². The summed E-state index contributed by atoms with van der Waals surface area (Å²) in [6.45, 7) is 4.29. The molecule has 8 heteroatoms. The van der Waals surface area contributed by atoms with E-state index in [1.54, 1.807) is 0 Å². The Morgan fingerprint density at radius 3 is 2.15 bits per heavy atom. The van der Waals surface area contributed by atoms with Gasteiger partial charge in [0.1, 0.15) is 9.84 Å². The van der Waals surface area contributed by atoms with E-state index in [-0.39, 0.29) is 36.9 Å². The van der Waals surface area contributed by atoms with Crippen molar-refractivity contribution in [1.29, 1.82) is 0 Å². The van der Waals surface area contributed by atoms with Crippen LogP contribution in [0.25, 0.3) is 0 Å². The fourth-order valence-corrected chi connectivity index (χ4v) is 5.88. The number of sulfonamides is 1. The second kappa shape index (κ2) is 7.20. The minimum absolute atomic E-state index is 0.0445. The molecule has 0 radical (unpaired) electrons. The quantitative estimate of drug-likeness (QED) is 0.697. The molecule has 3 N–H and O–H groups in total. The van der Waals surface area contributed by atoms with E-state index in [4.69, 9.17) is 5.73 Å². The van der Waals surface area contributed by atoms with E-state index in [2.05, 4.69) is 4.72 Å². The van der Waals surface area contributed by atoms with Crippen LogP contribution in [0.3, 0.4) is 0 Å². The molecule has 0 aromatic carbocycles. The van der Waals surface area contributed by atoms with Crippen molar-refractivity contribution >= 4 is 19.9 Å². The molecule has 0 aromatic rings. The summed E-state index contributed by atoms with van der Waals surface area (Å²) in [6.07, 6.45) is 2.19. The molecule has 20 heavy (non-hydrogen) atoms. The molecule has 1 unspecified atom stereocenters. The average Bonchev–Trinajstić information content (AvgIpc) is 2.37. The van der Waals surface area contributed by atoms with Crippen molar-refractivity contribution in [2.45, 2.75) is 50.8 Å². The van der Waals surface area contributed by atoms with E-state index >= 15 is 0 Å². The number of hydrogen-bond acceptors (Lipinski definition) is 5. The van der Waals surface area contributed by atoms with Crippen molar-refractivity contribution in [3.8, 4) is 0 Å². The van der Waals surface area contributed by atoms with Gasteiger partial charge < -0.3 is 5.73 Å². The fourth-order valence-electron chi connectivity index (χ4n) is 2.57. The minimum Gasteiger partial charge on any atom is -0.326 e. The second-order valence-corrected chi connectivity index (χ2v) is 9.83. The first kappa shape index (κ1) is 17.9. The summed E-state index contributed by atoms with van der Waals surface area (Å²) in [5.74, 6) is 0.207. The van der Waals surface area contributed by atoms with Crippen LogP contribution in [0.2, 0.25) is 0 Å². The normalized spacial score (nSPS) is 22.0. The lowest BCUT2D eigenvalue weighted by molar-refractivity contribution is 0.392. The Morgan fingerprint density at radius 2 is 1.70 bits per heavy atom. The molecule has 6 nitrogen and oxygen atoms in total. The monoisotopic (exact) mass is 326 g/mol. The summed E-state index contributed by atoms with van der Waals surface area (Å²) in [4.78, 5) is 0. The molecule has 1 rings (SSSR count). The van der Waals surface area contributed by atoms with Crippen LogP contribution in [0.1, 0.15) is 39.5 Å². The van der Waals surface area contributed by atoms with Gasteiger partial charge in [0.25, 0.3) is 0 Å². The smallest absolute Gasteiger partial charge is 0.214 e. The van der Waals surface area contributed by atoms with Crippen molar-refractivity contribution in [2.24, 2.45) is 11.7 Å². The van der Waals surface area contributed by atoms with Crippen LogP contribution in [0.15, 0.2) is 0 Å². The first-order valence-electron chi connectivity index (χ1n) is 7.16. The predicted octanol–water partition coefficient (Wildman–Crippen LogP) is 0.247. The van der Waals surface area contributed by atoms with Crippen LogP contribution in [0.5, 0.6) is 0 Å². The zero-order valence-corrected chi connectivity index (χ0v) is 13.8. The van der Waals surface area contributed by atoms with E-state index in [0.717, 1.165) is 12.8 Å². The Hall–Kier alpha value is -0.180. The number of sulfone groups is 1. The third-order valence-electron chi connectivity index (χ3n) is 4.11. The SMILES string of the molecule is CCC(CC)C(N)CNS(=O)(=O)C1CCS(=O)(=O)CC1. The molecule has 1 atom stereocenters. The van der Waals surface area contributed by atoms with Crippen molar-refractivity contribution in [3.05, 3.63) is 0 Å². The van der Waals surface area contributed by atoms with Gasteiger partial charge in [0, 0.05) is 12.6 Å². The second-order valence-electron chi connectivity index (χ2n) is 5.49. The highest BCUT2D eigenvalue weighted by atomic mass is 32.2. The van der Waals surface area contributed by atoms with Crippen LogP contribution >= 0.6 is 0 Å². The first-order chi connectivity index (χ1) is 9.22. The van der Waals surface area contributed by atoms with Gasteiger partial charge in [-0.1, -0.05) is 26.7 Å². The molecule has 0 spiro atoms. The number of nitrogens with one attached hydrogen (secondary N) is 1. The topological polar surface area (TPSA) is 106 Å². The van der Waals surface area contributed by atoms with Gasteiger partial charge in [-0.2, -0.15) is 0 Å². The molecule has 1 fully saturated rings. The molecule has 120 valence electrons. The van der Waals surface area contributed by atoms with Crippen LogP contribution < -0.4 is 10.5 Å². The van der Waals surface area contributed by atoms with E-state index in [9.17, 15) is 16.8 Å². The highest BCUT2D eigenvalue weighted by molar-refractivity contribution is 7.92. The van der Waals surface area contributed by atoms with Gasteiger partial charge >= 0.3 is 0 Å². The maximum absolute atomic E-state index is 12.1. The summed E-state index contributed by atoms with van der Waals surface area (Å²) in [6, 6.07) is -0.202. The average molecular weight is 326 g/mol. The molecule has 1 aliphatic rings. The van der Waals surface area contributed by atoms with Gasteiger partial charge in [0.2, 0.25) is 10.0 Å². The highest BCUT2D eigenvalue weighted by Gasteiger charge is 2.33. The lowest BCUT2D eigenvalue weighted by atomic mass is 9.95. The van der Waals surface area contributed by atoms with Crippen LogP contribution in [-0.2, 0) is 19.9 Å². The molecule has 0 saturated carbocycles. The first-order valence-corrected chi connectivity index (χ1v) is 10.5. The van der Waals surface area contributed by atoms with Gasteiger partial charge in [-0.25, -0.2) is 21.6 Å². The zero-order valence-electron chi connectivity index (χ0n) is 12.2. The predicted molar refractivity (Wildman–Crippen MR) is 80.6 cm³/mol. The Bertz CT molecular complexity index is 484. The van der Waals surface area contributed by atoms with E-state index in [1.165, 1.54) is 0 Å². The van der Waals surface area contributed by atoms with Crippen LogP contribution in [0, 0.1) is 5.92 Å². The summed E-state index contributed by atoms with van der Waals surface area (Å²) in [7, 11) is -6.52. The van der Waals surface area contributed by atoms with Crippen molar-refractivity contribution in [2.75, 3.05) is 18.1 Å². The largest absolute Gasteiger partial charge is 0.326 e. The molecule has 0 amide bonds. The number of hydrogen-bond donors (Lipinski definition) is 2. The minimum atomic E-state index is -3.47. The molecular weight excluding hydrogens is 300 g/mol. The summed E-state index contributed by atoms with van der Waals surface area (Å²) in [5.41, 5.74) is 6.00. The Balaban J connectivity index is 2.54. The molecule has 1 heterocycles. The van der Waals surface area contributed by atoms with Gasteiger partial charge in [-0.3, -0.25) is 0 Å². The highest BCUT2D eigenvalue weighted by Crippen LogP contribution is 2.19. The van der Waals surface area contributed by atoms with Gasteiger partial charge in [0.15, 0.2) is 0 Å². The molecular formula is C12H26N2O4S2. The Kier molecular flexibility index (Phi) is 6.43. The van der Waals surface area contributed by atoms with Gasteiger partial charge in [0.05, 0.1) is 16.8 Å². The zero-order chi connectivity index (χ0) is 15.4. The molecule has 0 aromatic heterocycles. The number of nitrogens with two attached hydrogens (primary N) is 1. The Morgan fingerprint density at radius 1 is 1.20 bits per heavy atom. The summed E-state index contributed by atoms with van der Waals surface area (Å²) in [5, 5.41) is -0.611. The van der Waals surface area contributed by atoms with E-state index < -0.39 is 25.1 Å². The molecule has 0 aliphatic carbocycles. The summed E-state index contributed by atoms with van der Waals surface area (Å²) >= 11 is 0. The van der Waals surface area contributed by atoms with Gasteiger partial charge in [-0.15, -0.1) is 0 Å². The maximum Gasteiger partial charge on any atom is 0.214 e. The summed E-state index contributed by atoms with van der Waals surface area (Å²) < 4.78 is 49.5. The van der Waals surface area contributed by atoms with E-state index in [0.29, 0.717) is 5.92 Å². The van der Waals surface area contributed by atoms with Crippen LogP contribution in [0.4, 0.5) is 0 Å².